The smallest absolute Gasteiger partial charge is 0.124 e. The number of piperazine rings is 1. The Labute approximate surface area is 175 Å². The summed E-state index contributed by atoms with van der Waals surface area (Å²) in [7, 11) is 2.24. The molecule has 1 fully saturated rings. The molecule has 0 bridgehead atoms. The van der Waals surface area contributed by atoms with Crippen LogP contribution in [-0.2, 0) is 6.42 Å². The molecular weight excluding hydrogens is 378 g/mol. The predicted molar refractivity (Wildman–Crippen MR) is 119 cm³/mol. The van der Waals surface area contributed by atoms with Crippen molar-refractivity contribution in [2.75, 3.05) is 32.0 Å². The number of hydrogen-bond acceptors (Lipinski definition) is 6. The average Bonchev–Trinajstić information content (AvgIpc) is 3.03. The first kappa shape index (κ1) is 18.3. The summed E-state index contributed by atoms with van der Waals surface area (Å²) < 4.78 is 0. The summed E-state index contributed by atoms with van der Waals surface area (Å²) in [5.74, 6) is 0. The number of likely N-dealkylation sites (N-methyl/N-ethyl adjacent to an activating group) is 1. The number of nitrogens with zero attached hydrogens (tertiary/aromatic N) is 4. The lowest BCUT2D eigenvalue weighted by atomic mass is 10.0. The van der Waals surface area contributed by atoms with Gasteiger partial charge in [0, 0.05) is 43.3 Å². The Kier molecular flexibility index (Phi) is 4.81. The highest BCUT2D eigenvalue weighted by atomic mass is 32.1. The molecule has 1 atom stereocenters. The first-order chi connectivity index (χ1) is 14.2. The molecule has 0 saturated carbocycles. The summed E-state index contributed by atoms with van der Waals surface area (Å²) in [5.41, 5.74) is 3.58. The SMILES string of the molecule is Cc1nc2c(s1)NC=c1cccnc1=C2N1CCN(C)C(Cc2ccccc2)C1. The van der Waals surface area contributed by atoms with Gasteiger partial charge in [-0.1, -0.05) is 30.3 Å². The van der Waals surface area contributed by atoms with Gasteiger partial charge < -0.3 is 10.2 Å². The number of pyridine rings is 1. The van der Waals surface area contributed by atoms with E-state index in [1.165, 1.54) is 5.56 Å². The van der Waals surface area contributed by atoms with Crippen LogP contribution in [0.25, 0.3) is 11.9 Å². The van der Waals surface area contributed by atoms with Crippen molar-refractivity contribution in [3.8, 4) is 0 Å². The van der Waals surface area contributed by atoms with Crippen molar-refractivity contribution in [1.82, 2.24) is 19.8 Å². The van der Waals surface area contributed by atoms with E-state index in [2.05, 4.69) is 71.7 Å². The zero-order chi connectivity index (χ0) is 19.8. The predicted octanol–water partition coefficient (Wildman–Crippen LogP) is 2.03. The van der Waals surface area contributed by atoms with Crippen LogP contribution in [0.3, 0.4) is 0 Å². The number of anilines is 1. The van der Waals surface area contributed by atoms with Crippen molar-refractivity contribution in [3.05, 3.63) is 75.5 Å². The number of thiazole rings is 1. The summed E-state index contributed by atoms with van der Waals surface area (Å²) in [6.07, 6.45) is 4.99. The minimum atomic E-state index is 0.453. The zero-order valence-corrected chi connectivity index (χ0v) is 17.6. The Balaban J connectivity index is 1.57. The third kappa shape index (κ3) is 3.54. The van der Waals surface area contributed by atoms with Crippen molar-refractivity contribution in [1.29, 1.82) is 0 Å². The molecule has 0 spiro atoms. The Morgan fingerprint density at radius 2 is 2.00 bits per heavy atom. The summed E-state index contributed by atoms with van der Waals surface area (Å²) in [5, 5.41) is 7.78. The maximum absolute atomic E-state index is 4.90. The number of fused-ring (bicyclic) bond motifs is 2. The van der Waals surface area contributed by atoms with Crippen LogP contribution < -0.4 is 15.9 Å². The van der Waals surface area contributed by atoms with Crippen molar-refractivity contribution in [3.63, 3.8) is 0 Å². The lowest BCUT2D eigenvalue weighted by molar-refractivity contribution is 0.133. The minimum absolute atomic E-state index is 0.453. The fourth-order valence-corrected chi connectivity index (χ4v) is 5.02. The molecule has 29 heavy (non-hydrogen) atoms. The number of hydrogen-bond donors (Lipinski definition) is 1. The fourth-order valence-electron chi connectivity index (χ4n) is 4.23. The monoisotopic (exact) mass is 403 g/mol. The zero-order valence-electron chi connectivity index (χ0n) is 16.8. The summed E-state index contributed by atoms with van der Waals surface area (Å²) in [6, 6.07) is 15.4. The van der Waals surface area contributed by atoms with Crippen LogP contribution in [0.5, 0.6) is 0 Å². The van der Waals surface area contributed by atoms with E-state index in [1.807, 2.05) is 12.3 Å². The van der Waals surface area contributed by atoms with Gasteiger partial charge in [0.05, 0.1) is 16.1 Å². The molecule has 1 unspecified atom stereocenters. The van der Waals surface area contributed by atoms with Crippen molar-refractivity contribution in [2.24, 2.45) is 0 Å². The molecule has 2 aliphatic rings. The number of aryl methyl sites for hydroxylation is 1. The second-order valence-electron chi connectivity index (χ2n) is 7.76. The van der Waals surface area contributed by atoms with Crippen molar-refractivity contribution in [2.45, 2.75) is 19.4 Å². The van der Waals surface area contributed by atoms with Gasteiger partial charge in [-0.2, -0.15) is 0 Å². The van der Waals surface area contributed by atoms with E-state index >= 15 is 0 Å². The second-order valence-corrected chi connectivity index (χ2v) is 8.96. The van der Waals surface area contributed by atoms with E-state index in [-0.39, 0.29) is 0 Å². The molecule has 148 valence electrons. The van der Waals surface area contributed by atoms with Gasteiger partial charge in [0.15, 0.2) is 0 Å². The first-order valence-electron chi connectivity index (χ1n) is 10.1. The van der Waals surface area contributed by atoms with Crippen LogP contribution in [0.1, 0.15) is 16.3 Å². The van der Waals surface area contributed by atoms with Gasteiger partial charge in [-0.05, 0) is 38.1 Å². The van der Waals surface area contributed by atoms with Gasteiger partial charge in [-0.15, -0.1) is 11.3 Å². The van der Waals surface area contributed by atoms with Gasteiger partial charge in [0.2, 0.25) is 0 Å². The maximum atomic E-state index is 4.90. The van der Waals surface area contributed by atoms with Crippen LogP contribution >= 0.6 is 11.3 Å². The van der Waals surface area contributed by atoms with Crippen LogP contribution in [0.2, 0.25) is 0 Å². The third-order valence-electron chi connectivity index (χ3n) is 5.79. The van der Waals surface area contributed by atoms with Crippen LogP contribution in [-0.4, -0.2) is 52.5 Å². The molecule has 6 heteroatoms. The van der Waals surface area contributed by atoms with E-state index in [1.54, 1.807) is 11.3 Å². The number of aromatic nitrogens is 2. The Bertz CT molecular complexity index is 1140. The van der Waals surface area contributed by atoms with Gasteiger partial charge in [0.25, 0.3) is 0 Å². The Morgan fingerprint density at radius 3 is 2.86 bits per heavy atom. The van der Waals surface area contributed by atoms with Gasteiger partial charge in [0.1, 0.15) is 10.7 Å². The molecule has 2 aliphatic heterocycles. The molecule has 4 heterocycles. The normalized spacial score (nSPS) is 19.0. The molecule has 3 aromatic rings. The molecule has 1 N–H and O–H groups in total. The van der Waals surface area contributed by atoms with E-state index in [4.69, 9.17) is 9.97 Å². The maximum Gasteiger partial charge on any atom is 0.124 e. The Hall–Kier alpha value is -2.70. The Morgan fingerprint density at radius 1 is 1.14 bits per heavy atom. The number of rotatable bonds is 3. The van der Waals surface area contributed by atoms with Crippen molar-refractivity contribution < 1.29 is 0 Å². The molecule has 1 aromatic carbocycles. The minimum Gasteiger partial charge on any atom is -0.365 e. The summed E-state index contributed by atoms with van der Waals surface area (Å²) in [4.78, 5) is 14.7. The lowest BCUT2D eigenvalue weighted by Crippen LogP contribution is -2.53. The average molecular weight is 404 g/mol. The van der Waals surface area contributed by atoms with E-state index in [0.717, 1.165) is 58.0 Å². The second kappa shape index (κ2) is 7.61. The highest BCUT2D eigenvalue weighted by Crippen LogP contribution is 2.32. The van der Waals surface area contributed by atoms with Crippen LogP contribution in [0.15, 0.2) is 48.7 Å². The standard InChI is InChI=1S/C23H25N5S/c1-16-26-21-22(20-18(9-6-10-24-20)14-25-23(21)29-16)28-12-11-27(2)19(15-28)13-17-7-4-3-5-8-17/h3-10,14,19,25H,11-13,15H2,1-2H3. The lowest BCUT2D eigenvalue weighted by Gasteiger charge is -2.41. The van der Waals surface area contributed by atoms with E-state index < -0.39 is 0 Å². The van der Waals surface area contributed by atoms with Crippen LogP contribution in [0.4, 0.5) is 5.00 Å². The number of benzene rings is 1. The van der Waals surface area contributed by atoms with Crippen molar-refractivity contribution >= 4 is 28.2 Å². The topological polar surface area (TPSA) is 44.3 Å². The molecule has 5 nitrogen and oxygen atoms in total. The van der Waals surface area contributed by atoms with Crippen LogP contribution in [0, 0.1) is 6.92 Å². The fraction of sp³-hybridized carbons (Fsp3) is 0.304. The molecule has 2 aromatic heterocycles. The van der Waals surface area contributed by atoms with Gasteiger partial charge in [-0.3, -0.25) is 9.88 Å². The third-order valence-corrected chi connectivity index (χ3v) is 6.69. The summed E-state index contributed by atoms with van der Waals surface area (Å²) in [6.45, 7) is 5.04. The van der Waals surface area contributed by atoms with E-state index in [9.17, 15) is 0 Å². The van der Waals surface area contributed by atoms with E-state index in [0.29, 0.717) is 6.04 Å². The molecule has 0 amide bonds. The highest BCUT2D eigenvalue weighted by molar-refractivity contribution is 7.16. The molecule has 0 aliphatic carbocycles. The summed E-state index contributed by atoms with van der Waals surface area (Å²) >= 11 is 1.71. The van der Waals surface area contributed by atoms with Gasteiger partial charge in [-0.25, -0.2) is 4.98 Å². The molecular formula is C23H25N5S. The molecule has 1 saturated heterocycles. The first-order valence-corrected chi connectivity index (χ1v) is 10.9. The largest absolute Gasteiger partial charge is 0.365 e. The van der Waals surface area contributed by atoms with Gasteiger partial charge >= 0.3 is 0 Å². The number of nitrogens with one attached hydrogen (secondary N) is 1. The highest BCUT2D eigenvalue weighted by Gasteiger charge is 2.29. The quantitative estimate of drug-likeness (QED) is 0.725. The molecule has 5 rings (SSSR count). The molecule has 0 radical (unpaired) electrons.